The molecule has 1 amide bonds. The Balaban J connectivity index is 1.61. The predicted octanol–water partition coefficient (Wildman–Crippen LogP) is 4.17. The molecule has 1 aromatic rings. The van der Waals surface area contributed by atoms with Crippen LogP contribution in [0.3, 0.4) is 0 Å². The summed E-state index contributed by atoms with van der Waals surface area (Å²) in [6, 6.07) is 0.712. The lowest BCUT2D eigenvalue weighted by Crippen LogP contribution is -2.36. The van der Waals surface area contributed by atoms with Gasteiger partial charge in [-0.3, -0.25) is 0 Å². The zero-order chi connectivity index (χ0) is 20.0. The zero-order valence-corrected chi connectivity index (χ0v) is 16.0. The number of alkyl halides is 3. The van der Waals surface area contributed by atoms with Gasteiger partial charge in [0.2, 0.25) is 5.88 Å². The lowest BCUT2D eigenvalue weighted by molar-refractivity contribution is -0.139. The molecule has 0 radical (unpaired) electrons. The molecular formula is C17H21ClF3N3O3. The van der Waals surface area contributed by atoms with Crippen molar-refractivity contribution in [3.63, 3.8) is 0 Å². The van der Waals surface area contributed by atoms with Gasteiger partial charge in [0.25, 0.3) is 0 Å². The van der Waals surface area contributed by atoms with Crippen LogP contribution in [0, 0.1) is 11.8 Å². The first kappa shape index (κ1) is 20.0. The largest absolute Gasteiger partial charge is 0.473 e. The smallest absolute Gasteiger partial charge is 0.421 e. The first-order valence-corrected chi connectivity index (χ1v) is 9.05. The van der Waals surface area contributed by atoms with Crippen LogP contribution in [-0.2, 0) is 10.9 Å². The summed E-state index contributed by atoms with van der Waals surface area (Å²) in [6.45, 7) is 6.43. The molecule has 2 fully saturated rings. The average molecular weight is 408 g/mol. The Hall–Kier alpha value is -1.77. The Labute approximate surface area is 160 Å². The van der Waals surface area contributed by atoms with Gasteiger partial charge >= 0.3 is 12.3 Å². The second kappa shape index (κ2) is 7.00. The molecule has 0 spiro atoms. The van der Waals surface area contributed by atoms with Crippen molar-refractivity contribution < 1.29 is 27.4 Å². The molecule has 1 saturated heterocycles. The van der Waals surface area contributed by atoms with Gasteiger partial charge in [-0.15, -0.1) is 10.2 Å². The molecule has 1 aliphatic heterocycles. The van der Waals surface area contributed by atoms with Crippen LogP contribution in [0.15, 0.2) is 6.07 Å². The van der Waals surface area contributed by atoms with Gasteiger partial charge in [-0.25, -0.2) is 4.79 Å². The van der Waals surface area contributed by atoms with Crippen molar-refractivity contribution in [1.29, 1.82) is 0 Å². The van der Waals surface area contributed by atoms with Crippen LogP contribution in [0.1, 0.15) is 39.2 Å². The third kappa shape index (κ3) is 4.75. The molecule has 0 bridgehead atoms. The number of carbonyl (C=O) groups excluding carboxylic acids is 1. The van der Waals surface area contributed by atoms with Crippen LogP contribution in [-0.4, -0.2) is 46.0 Å². The van der Waals surface area contributed by atoms with Crippen molar-refractivity contribution in [1.82, 2.24) is 15.1 Å². The number of amides is 1. The molecule has 0 aromatic carbocycles. The van der Waals surface area contributed by atoms with Gasteiger partial charge in [0, 0.05) is 13.1 Å². The Morgan fingerprint density at radius 3 is 2.30 bits per heavy atom. The molecule has 2 heterocycles. The topological polar surface area (TPSA) is 64.5 Å². The molecule has 1 aliphatic carbocycles. The number of carbonyl (C=O) groups is 1. The van der Waals surface area contributed by atoms with Crippen molar-refractivity contribution in [3.05, 3.63) is 16.8 Å². The number of hydrogen-bond donors (Lipinski definition) is 0. The van der Waals surface area contributed by atoms with Crippen LogP contribution in [0.4, 0.5) is 18.0 Å². The van der Waals surface area contributed by atoms with E-state index in [-0.39, 0.29) is 23.1 Å². The molecule has 150 valence electrons. The Bertz CT molecular complexity index is 710. The molecule has 6 nitrogen and oxygen atoms in total. The molecule has 1 aromatic heterocycles. The number of fused-ring (bicyclic) bond motifs is 1. The van der Waals surface area contributed by atoms with Gasteiger partial charge < -0.3 is 14.4 Å². The minimum atomic E-state index is -4.63. The summed E-state index contributed by atoms with van der Waals surface area (Å²) in [4.78, 5) is 13.8. The maximum absolute atomic E-state index is 13.1. The van der Waals surface area contributed by atoms with E-state index in [2.05, 4.69) is 10.2 Å². The lowest BCUT2D eigenvalue weighted by atomic mass is 10.0. The monoisotopic (exact) mass is 407 g/mol. The van der Waals surface area contributed by atoms with Crippen LogP contribution in [0.2, 0.25) is 5.15 Å². The molecule has 27 heavy (non-hydrogen) atoms. The number of rotatable bonds is 2. The summed E-state index contributed by atoms with van der Waals surface area (Å²) in [5.41, 5.74) is -1.60. The summed E-state index contributed by atoms with van der Waals surface area (Å²) < 4.78 is 50.3. The fourth-order valence-electron chi connectivity index (χ4n) is 3.62. The van der Waals surface area contributed by atoms with Gasteiger partial charge in [0.05, 0.1) is 0 Å². The van der Waals surface area contributed by atoms with E-state index < -0.39 is 29.3 Å². The predicted molar refractivity (Wildman–Crippen MR) is 90.5 cm³/mol. The van der Waals surface area contributed by atoms with Gasteiger partial charge in [-0.05, 0) is 51.5 Å². The SMILES string of the molecule is CC(C)(C)OC(=O)N1C[C@H]2CC(Oc3nnc(Cl)cc3C(F)(F)F)C[C@H]2C1. The highest BCUT2D eigenvalue weighted by atomic mass is 35.5. The van der Waals surface area contributed by atoms with E-state index in [4.69, 9.17) is 21.1 Å². The zero-order valence-electron chi connectivity index (χ0n) is 15.2. The molecular weight excluding hydrogens is 387 g/mol. The Kier molecular flexibility index (Phi) is 5.18. The first-order chi connectivity index (χ1) is 12.4. The van der Waals surface area contributed by atoms with Crippen molar-refractivity contribution in [3.8, 4) is 5.88 Å². The van der Waals surface area contributed by atoms with Gasteiger partial charge in [-0.1, -0.05) is 11.6 Å². The number of halogens is 4. The number of likely N-dealkylation sites (tertiary alicyclic amines) is 1. The maximum Gasteiger partial charge on any atom is 0.421 e. The minimum Gasteiger partial charge on any atom is -0.473 e. The number of ether oxygens (including phenoxy) is 2. The third-order valence-electron chi connectivity index (χ3n) is 4.67. The van der Waals surface area contributed by atoms with E-state index in [9.17, 15) is 18.0 Å². The molecule has 0 N–H and O–H groups in total. The van der Waals surface area contributed by atoms with Crippen LogP contribution < -0.4 is 4.74 Å². The summed E-state index contributed by atoms with van der Waals surface area (Å²) in [5.74, 6) is -0.227. The fourth-order valence-corrected chi connectivity index (χ4v) is 3.77. The van der Waals surface area contributed by atoms with Crippen molar-refractivity contribution in [2.24, 2.45) is 11.8 Å². The van der Waals surface area contributed by atoms with Crippen molar-refractivity contribution in [2.75, 3.05) is 13.1 Å². The van der Waals surface area contributed by atoms with Gasteiger partial charge in [0.1, 0.15) is 17.3 Å². The minimum absolute atomic E-state index is 0.164. The van der Waals surface area contributed by atoms with E-state index in [0.717, 1.165) is 0 Å². The molecule has 1 saturated carbocycles. The molecule has 3 rings (SSSR count). The van der Waals surface area contributed by atoms with E-state index >= 15 is 0 Å². The third-order valence-corrected chi connectivity index (χ3v) is 4.86. The summed E-state index contributed by atoms with van der Waals surface area (Å²) in [5, 5.41) is 6.59. The number of hydrogen-bond acceptors (Lipinski definition) is 5. The Morgan fingerprint density at radius 2 is 1.78 bits per heavy atom. The van der Waals surface area contributed by atoms with Crippen molar-refractivity contribution >= 4 is 17.7 Å². The average Bonchev–Trinajstić information content (AvgIpc) is 3.04. The lowest BCUT2D eigenvalue weighted by Gasteiger charge is -2.25. The van der Waals surface area contributed by atoms with Crippen LogP contribution in [0.5, 0.6) is 5.88 Å². The summed E-state index contributed by atoms with van der Waals surface area (Å²) in [6.07, 6.45) is -4.30. The number of aromatic nitrogens is 2. The molecule has 1 unspecified atom stereocenters. The van der Waals surface area contributed by atoms with Gasteiger partial charge in [0.15, 0.2) is 5.15 Å². The van der Waals surface area contributed by atoms with E-state index in [1.807, 2.05) is 0 Å². The van der Waals surface area contributed by atoms with E-state index in [0.29, 0.717) is 32.0 Å². The quantitative estimate of drug-likeness (QED) is 0.736. The van der Waals surface area contributed by atoms with Crippen LogP contribution in [0.25, 0.3) is 0 Å². The van der Waals surface area contributed by atoms with Crippen LogP contribution >= 0.6 is 11.6 Å². The summed E-state index contributed by atoms with van der Waals surface area (Å²) in [7, 11) is 0. The second-order valence-electron chi connectivity index (χ2n) is 8.00. The number of nitrogens with zero attached hydrogens (tertiary/aromatic N) is 3. The molecule has 10 heteroatoms. The fraction of sp³-hybridized carbons (Fsp3) is 0.706. The Morgan fingerprint density at radius 1 is 1.19 bits per heavy atom. The van der Waals surface area contributed by atoms with Gasteiger partial charge in [-0.2, -0.15) is 13.2 Å². The standard InChI is InChI=1S/C17H21ClF3N3O3/c1-16(2,3)27-15(25)24-7-9-4-11(5-10(9)8-24)26-14-12(17(19,20)21)6-13(18)22-23-14/h6,9-11H,4-5,7-8H2,1-3H3/t9-,10+,11?. The van der Waals surface area contributed by atoms with Crippen molar-refractivity contribution in [2.45, 2.75) is 51.5 Å². The van der Waals surface area contributed by atoms with E-state index in [1.54, 1.807) is 25.7 Å². The normalized spacial score (nSPS) is 25.4. The second-order valence-corrected chi connectivity index (χ2v) is 8.39. The van der Waals surface area contributed by atoms with E-state index in [1.165, 1.54) is 0 Å². The molecule has 3 atom stereocenters. The highest BCUT2D eigenvalue weighted by Crippen LogP contribution is 2.42. The maximum atomic E-state index is 13.1. The summed E-state index contributed by atoms with van der Waals surface area (Å²) >= 11 is 5.53. The highest BCUT2D eigenvalue weighted by molar-refractivity contribution is 6.29. The first-order valence-electron chi connectivity index (χ1n) is 8.67. The highest BCUT2D eigenvalue weighted by Gasteiger charge is 2.45. The molecule has 2 aliphatic rings.